The average molecular weight is 575 g/mol. The first-order valence-corrected chi connectivity index (χ1v) is 16.0. The molecule has 0 fully saturated rings. The zero-order chi connectivity index (χ0) is 24.7. The molecule has 0 saturated heterocycles. The molecule has 0 amide bonds. The van der Waals surface area contributed by atoms with Gasteiger partial charge in [0, 0.05) is 60.9 Å². The minimum atomic E-state index is -5.05. The molecule has 4 rings (SSSR count). The molecule has 4 aromatic carbocycles. The molecule has 176 valence electrons. The summed E-state index contributed by atoms with van der Waals surface area (Å²) in [4.78, 5) is -2.60. The molecule has 4 aromatic rings. The SMILES string of the molecule is O=P(Cl)(Cl)Oc1cc(S(=O)(=O)O)c2ccc3c(S(=O)(=O)O)cc(S(=O)(=O)O)c4ccc1c2c43. The van der Waals surface area contributed by atoms with Crippen LogP contribution >= 0.6 is 28.6 Å². The molecule has 11 nitrogen and oxygen atoms in total. The van der Waals surface area contributed by atoms with E-state index in [9.17, 15) is 43.5 Å². The van der Waals surface area contributed by atoms with Crippen LogP contribution in [0.2, 0.25) is 0 Å². The summed E-state index contributed by atoms with van der Waals surface area (Å²) in [7, 11) is -15.1. The first-order valence-electron chi connectivity index (χ1n) is 8.29. The van der Waals surface area contributed by atoms with Crippen molar-refractivity contribution in [2.45, 2.75) is 14.7 Å². The molecule has 0 bridgehead atoms. The van der Waals surface area contributed by atoms with Gasteiger partial charge in [0.15, 0.2) is 0 Å². The lowest BCUT2D eigenvalue weighted by Crippen LogP contribution is -2.07. The first-order chi connectivity index (χ1) is 14.9. The summed E-state index contributed by atoms with van der Waals surface area (Å²) in [6.45, 7) is 0. The predicted octanol–water partition coefficient (Wildman–Crippen LogP) is 4.29. The van der Waals surface area contributed by atoms with Crippen LogP contribution in [0.15, 0.2) is 51.1 Å². The van der Waals surface area contributed by atoms with E-state index in [1.165, 1.54) is 6.07 Å². The van der Waals surface area contributed by atoms with Gasteiger partial charge in [-0.3, -0.25) is 13.7 Å². The molecule has 0 aliphatic carbocycles. The van der Waals surface area contributed by atoms with Crippen molar-refractivity contribution in [2.75, 3.05) is 0 Å². The lowest BCUT2D eigenvalue weighted by molar-refractivity contribution is 0.479. The Balaban J connectivity index is 2.42. The highest BCUT2D eigenvalue weighted by Crippen LogP contribution is 2.59. The van der Waals surface area contributed by atoms with Crippen molar-refractivity contribution in [2.24, 2.45) is 0 Å². The van der Waals surface area contributed by atoms with E-state index in [4.69, 9.17) is 27.0 Å². The van der Waals surface area contributed by atoms with Crippen molar-refractivity contribution in [1.29, 1.82) is 0 Å². The molecule has 0 atom stereocenters. The Kier molecular flexibility index (Phi) is 5.45. The molecule has 0 aliphatic heterocycles. The van der Waals surface area contributed by atoms with Crippen molar-refractivity contribution in [3.8, 4) is 5.75 Å². The van der Waals surface area contributed by atoms with E-state index < -0.39 is 56.9 Å². The van der Waals surface area contributed by atoms with Crippen LogP contribution in [-0.2, 0) is 34.9 Å². The summed E-state index contributed by atoms with van der Waals surface area (Å²) in [5.41, 5.74) is 0. The van der Waals surface area contributed by atoms with Crippen LogP contribution in [-0.4, -0.2) is 38.9 Å². The molecular formula is C16H9Cl2O11PS3. The van der Waals surface area contributed by atoms with E-state index in [1.54, 1.807) is 0 Å². The van der Waals surface area contributed by atoms with E-state index in [0.29, 0.717) is 6.07 Å². The van der Waals surface area contributed by atoms with Crippen LogP contribution in [0.4, 0.5) is 0 Å². The highest BCUT2D eigenvalue weighted by Gasteiger charge is 2.29. The minimum absolute atomic E-state index is 0.0502. The van der Waals surface area contributed by atoms with Gasteiger partial charge in [-0.25, -0.2) is 4.57 Å². The second-order valence-corrected chi connectivity index (χ2v) is 15.1. The van der Waals surface area contributed by atoms with Crippen LogP contribution in [0, 0.1) is 0 Å². The van der Waals surface area contributed by atoms with Gasteiger partial charge in [-0.2, -0.15) is 25.3 Å². The van der Waals surface area contributed by atoms with Crippen LogP contribution in [0.25, 0.3) is 32.3 Å². The van der Waals surface area contributed by atoms with Crippen molar-refractivity contribution in [3.05, 3.63) is 36.4 Å². The predicted molar refractivity (Wildman–Crippen MR) is 120 cm³/mol. The van der Waals surface area contributed by atoms with Gasteiger partial charge < -0.3 is 4.52 Å². The smallest absolute Gasteiger partial charge is 0.422 e. The normalized spacial score (nSPS) is 13.8. The summed E-state index contributed by atoms with van der Waals surface area (Å²) in [6.07, 6.45) is -4.33. The fourth-order valence-corrected chi connectivity index (χ4v) is 6.73. The zero-order valence-electron chi connectivity index (χ0n) is 15.5. The van der Waals surface area contributed by atoms with E-state index in [-0.39, 0.29) is 32.3 Å². The standard InChI is InChI=1S/C16H9Cl2O11PS3/c17-30(18,19)29-11-5-12(31(20,21)22)8-3-4-10-14(33(26,27)28)6-13(32(23,24)25)9-2-1-7(11)15(8)16(9)10/h1-6H,(H,20,21,22)(H,23,24,25)(H,26,27,28). The zero-order valence-corrected chi connectivity index (χ0v) is 20.4. The van der Waals surface area contributed by atoms with Crippen LogP contribution < -0.4 is 4.52 Å². The van der Waals surface area contributed by atoms with Gasteiger partial charge in [-0.15, -0.1) is 0 Å². The van der Waals surface area contributed by atoms with Crippen LogP contribution in [0.5, 0.6) is 5.75 Å². The molecule has 0 radical (unpaired) electrons. The molecule has 17 heteroatoms. The molecular weight excluding hydrogens is 566 g/mol. The van der Waals surface area contributed by atoms with Crippen LogP contribution in [0.3, 0.4) is 0 Å². The number of hydrogen-bond donors (Lipinski definition) is 3. The summed E-state index contributed by atoms with van der Waals surface area (Å²) in [6, 6.07) is 5.82. The molecule has 0 spiro atoms. The van der Waals surface area contributed by atoms with E-state index in [0.717, 1.165) is 24.3 Å². The quantitative estimate of drug-likeness (QED) is 0.175. The molecule has 0 aromatic heterocycles. The molecule has 0 aliphatic rings. The number of hydrogen-bond acceptors (Lipinski definition) is 8. The molecule has 0 unspecified atom stereocenters. The Hall–Kier alpha value is -1.74. The Morgan fingerprint density at radius 3 is 1.33 bits per heavy atom. The average Bonchev–Trinajstić information content (AvgIpc) is 2.62. The third kappa shape index (κ3) is 4.27. The van der Waals surface area contributed by atoms with Gasteiger partial charge in [-0.1, -0.05) is 18.2 Å². The lowest BCUT2D eigenvalue weighted by Gasteiger charge is -2.18. The molecule has 0 heterocycles. The minimum Gasteiger partial charge on any atom is -0.422 e. The topological polar surface area (TPSA) is 189 Å². The highest BCUT2D eigenvalue weighted by atomic mass is 35.9. The van der Waals surface area contributed by atoms with Gasteiger partial charge in [0.25, 0.3) is 30.4 Å². The highest BCUT2D eigenvalue weighted by molar-refractivity contribution is 8.05. The van der Waals surface area contributed by atoms with Crippen molar-refractivity contribution in [3.63, 3.8) is 0 Å². The van der Waals surface area contributed by atoms with Crippen LogP contribution in [0.1, 0.15) is 0 Å². The largest absolute Gasteiger partial charge is 0.428 e. The Bertz CT molecular complexity index is 1810. The molecule has 3 N–H and O–H groups in total. The Morgan fingerprint density at radius 2 is 0.970 bits per heavy atom. The Morgan fingerprint density at radius 1 is 0.636 bits per heavy atom. The summed E-state index contributed by atoms with van der Waals surface area (Å²) < 4.78 is 118. The summed E-state index contributed by atoms with van der Waals surface area (Å²) >= 11 is 10.9. The third-order valence-corrected chi connectivity index (χ3v) is 8.29. The fraction of sp³-hybridized carbons (Fsp3) is 0. The van der Waals surface area contributed by atoms with Gasteiger partial charge in [0.05, 0.1) is 0 Å². The van der Waals surface area contributed by atoms with Gasteiger partial charge in [0.2, 0.25) is 0 Å². The van der Waals surface area contributed by atoms with Gasteiger partial charge in [-0.05, 0) is 12.1 Å². The number of halogens is 2. The first kappa shape index (κ1) is 24.4. The maximum absolute atomic E-state index is 12.0. The molecule has 0 saturated carbocycles. The van der Waals surface area contributed by atoms with Crippen molar-refractivity contribution >= 4 is 91.2 Å². The second kappa shape index (κ2) is 7.38. The summed E-state index contributed by atoms with van der Waals surface area (Å²) in [5.74, 6) is -0.497. The number of benzene rings is 4. The molecule has 33 heavy (non-hydrogen) atoms. The lowest BCUT2D eigenvalue weighted by atomic mass is 9.94. The summed E-state index contributed by atoms with van der Waals surface area (Å²) in [5, 5.41) is -1.18. The van der Waals surface area contributed by atoms with Gasteiger partial charge >= 0.3 is 6.07 Å². The monoisotopic (exact) mass is 574 g/mol. The van der Waals surface area contributed by atoms with E-state index >= 15 is 0 Å². The second-order valence-electron chi connectivity index (χ2n) is 6.75. The fourth-order valence-electron chi connectivity index (χ4n) is 3.70. The van der Waals surface area contributed by atoms with Gasteiger partial charge in [0.1, 0.15) is 20.4 Å². The third-order valence-electron chi connectivity index (χ3n) is 4.79. The Labute approximate surface area is 195 Å². The van der Waals surface area contributed by atoms with Crippen molar-refractivity contribution < 1.29 is 48.0 Å². The number of rotatable bonds is 5. The van der Waals surface area contributed by atoms with Crippen molar-refractivity contribution in [1.82, 2.24) is 0 Å². The van der Waals surface area contributed by atoms with E-state index in [2.05, 4.69) is 0 Å². The maximum atomic E-state index is 12.0. The van der Waals surface area contributed by atoms with E-state index in [1.807, 2.05) is 0 Å². The maximum Gasteiger partial charge on any atom is 0.428 e.